The van der Waals surface area contributed by atoms with Crippen molar-refractivity contribution in [1.29, 1.82) is 0 Å². The van der Waals surface area contributed by atoms with Gasteiger partial charge in [0, 0.05) is 22.8 Å². The molecule has 4 aromatic rings. The van der Waals surface area contributed by atoms with Crippen molar-refractivity contribution in [1.82, 2.24) is 15.0 Å². The first-order chi connectivity index (χ1) is 13.1. The molecule has 136 valence electrons. The number of thiazole rings is 1. The summed E-state index contributed by atoms with van der Waals surface area (Å²) in [6.07, 6.45) is 1.03. The minimum atomic E-state index is 0.608. The highest BCUT2D eigenvalue weighted by Crippen LogP contribution is 2.30. The molecule has 0 aliphatic heterocycles. The van der Waals surface area contributed by atoms with E-state index in [1.807, 2.05) is 44.2 Å². The van der Waals surface area contributed by atoms with Crippen LogP contribution in [-0.2, 0) is 6.42 Å². The van der Waals surface area contributed by atoms with Crippen LogP contribution in [0, 0.1) is 13.8 Å². The van der Waals surface area contributed by atoms with Crippen molar-refractivity contribution in [3.05, 3.63) is 65.5 Å². The molecule has 2 N–H and O–H groups in total. The second kappa shape index (κ2) is 7.32. The Kier molecular flexibility index (Phi) is 4.73. The zero-order valence-corrected chi connectivity index (χ0v) is 16.4. The summed E-state index contributed by atoms with van der Waals surface area (Å²) in [4.78, 5) is 13.6. The van der Waals surface area contributed by atoms with Crippen LogP contribution in [0.1, 0.15) is 23.9 Å². The molecule has 0 amide bonds. The molecular weight excluding hydrogens is 354 g/mol. The number of rotatable bonds is 5. The van der Waals surface area contributed by atoms with Gasteiger partial charge in [0.25, 0.3) is 0 Å². The highest BCUT2D eigenvalue weighted by molar-refractivity contribution is 7.22. The average Bonchev–Trinajstić information content (AvgIpc) is 3.02. The molecule has 0 spiro atoms. The van der Waals surface area contributed by atoms with Crippen molar-refractivity contribution in [3.8, 4) is 0 Å². The van der Waals surface area contributed by atoms with Crippen LogP contribution in [0.3, 0.4) is 0 Å². The number of nitrogens with zero attached hydrogens (tertiary/aromatic N) is 3. The monoisotopic (exact) mass is 375 g/mol. The van der Waals surface area contributed by atoms with Gasteiger partial charge in [0.2, 0.25) is 5.95 Å². The Labute approximate surface area is 162 Å². The summed E-state index contributed by atoms with van der Waals surface area (Å²) in [6, 6.07) is 16.5. The van der Waals surface area contributed by atoms with Gasteiger partial charge in [-0.3, -0.25) is 0 Å². The van der Waals surface area contributed by atoms with E-state index in [1.54, 1.807) is 11.3 Å². The average molecular weight is 376 g/mol. The van der Waals surface area contributed by atoms with Crippen LogP contribution in [0.5, 0.6) is 0 Å². The zero-order chi connectivity index (χ0) is 18.8. The lowest BCUT2D eigenvalue weighted by atomic mass is 10.2. The SMILES string of the molecule is CCc1ccc2nc(Nc3cccc(Nc4nc(C)cc(C)n4)c3)sc2c1. The molecule has 0 aliphatic rings. The van der Waals surface area contributed by atoms with Crippen LogP contribution < -0.4 is 10.6 Å². The van der Waals surface area contributed by atoms with Crippen molar-refractivity contribution >= 4 is 44.0 Å². The first-order valence-corrected chi connectivity index (χ1v) is 9.76. The predicted octanol–water partition coefficient (Wildman–Crippen LogP) is 5.75. The van der Waals surface area contributed by atoms with Gasteiger partial charge >= 0.3 is 0 Å². The maximum Gasteiger partial charge on any atom is 0.227 e. The number of hydrogen-bond donors (Lipinski definition) is 2. The molecular formula is C21H21N5S. The molecule has 0 unspecified atom stereocenters. The maximum absolute atomic E-state index is 4.68. The lowest BCUT2D eigenvalue weighted by Gasteiger charge is -2.09. The van der Waals surface area contributed by atoms with E-state index >= 15 is 0 Å². The molecule has 0 radical (unpaired) electrons. The fourth-order valence-corrected chi connectivity index (χ4v) is 3.90. The maximum atomic E-state index is 4.68. The fourth-order valence-electron chi connectivity index (χ4n) is 2.95. The molecule has 0 aliphatic carbocycles. The van der Waals surface area contributed by atoms with Crippen molar-refractivity contribution in [3.63, 3.8) is 0 Å². The third-order valence-corrected chi connectivity index (χ3v) is 5.15. The van der Waals surface area contributed by atoms with Gasteiger partial charge in [-0.25, -0.2) is 15.0 Å². The van der Waals surface area contributed by atoms with Crippen molar-refractivity contribution in [2.45, 2.75) is 27.2 Å². The first kappa shape index (κ1) is 17.4. The zero-order valence-electron chi connectivity index (χ0n) is 15.6. The number of nitrogens with one attached hydrogen (secondary N) is 2. The van der Waals surface area contributed by atoms with Crippen LogP contribution in [0.2, 0.25) is 0 Å². The van der Waals surface area contributed by atoms with Crippen LogP contribution in [0.15, 0.2) is 48.5 Å². The molecule has 27 heavy (non-hydrogen) atoms. The molecule has 0 atom stereocenters. The second-order valence-corrected chi connectivity index (χ2v) is 7.51. The highest BCUT2D eigenvalue weighted by atomic mass is 32.1. The number of benzene rings is 2. The molecule has 2 aromatic heterocycles. The van der Waals surface area contributed by atoms with Crippen LogP contribution >= 0.6 is 11.3 Å². The number of aryl methyl sites for hydroxylation is 3. The number of aromatic nitrogens is 3. The Morgan fingerprint density at radius 1 is 0.852 bits per heavy atom. The summed E-state index contributed by atoms with van der Waals surface area (Å²) in [6.45, 7) is 6.10. The predicted molar refractivity (Wildman–Crippen MR) is 114 cm³/mol. The van der Waals surface area contributed by atoms with E-state index in [9.17, 15) is 0 Å². The summed E-state index contributed by atoms with van der Waals surface area (Å²) in [5, 5.41) is 7.57. The number of hydrogen-bond acceptors (Lipinski definition) is 6. The van der Waals surface area contributed by atoms with E-state index < -0.39 is 0 Å². The van der Waals surface area contributed by atoms with Gasteiger partial charge in [0.05, 0.1) is 10.2 Å². The minimum absolute atomic E-state index is 0.608. The van der Waals surface area contributed by atoms with Crippen molar-refractivity contribution < 1.29 is 0 Å². The Morgan fingerprint density at radius 3 is 2.33 bits per heavy atom. The Bertz CT molecular complexity index is 1080. The fraction of sp³-hybridized carbons (Fsp3) is 0.190. The number of anilines is 4. The second-order valence-electron chi connectivity index (χ2n) is 6.48. The van der Waals surface area contributed by atoms with E-state index in [0.717, 1.165) is 39.8 Å². The van der Waals surface area contributed by atoms with Gasteiger partial charge < -0.3 is 10.6 Å². The largest absolute Gasteiger partial charge is 0.331 e. The van der Waals surface area contributed by atoms with Gasteiger partial charge in [-0.2, -0.15) is 0 Å². The van der Waals surface area contributed by atoms with Gasteiger partial charge in [-0.15, -0.1) is 0 Å². The van der Waals surface area contributed by atoms with E-state index in [0.29, 0.717) is 5.95 Å². The van der Waals surface area contributed by atoms with Gasteiger partial charge in [0.15, 0.2) is 5.13 Å². The third kappa shape index (κ3) is 4.06. The van der Waals surface area contributed by atoms with Gasteiger partial charge in [-0.05, 0) is 62.2 Å². The van der Waals surface area contributed by atoms with Crippen LogP contribution in [0.25, 0.3) is 10.2 Å². The van der Waals surface area contributed by atoms with Crippen LogP contribution in [0.4, 0.5) is 22.5 Å². The molecule has 6 heteroatoms. The molecule has 2 aromatic carbocycles. The molecule has 0 saturated heterocycles. The Morgan fingerprint density at radius 2 is 1.59 bits per heavy atom. The van der Waals surface area contributed by atoms with Crippen molar-refractivity contribution in [2.75, 3.05) is 10.6 Å². The molecule has 0 saturated carbocycles. The van der Waals surface area contributed by atoms with E-state index in [1.165, 1.54) is 10.3 Å². The lowest BCUT2D eigenvalue weighted by Crippen LogP contribution is -2.00. The van der Waals surface area contributed by atoms with E-state index in [4.69, 9.17) is 0 Å². The lowest BCUT2D eigenvalue weighted by molar-refractivity contribution is 1.06. The molecule has 0 fully saturated rings. The molecule has 0 bridgehead atoms. The van der Waals surface area contributed by atoms with Gasteiger partial charge in [0.1, 0.15) is 0 Å². The Hall–Kier alpha value is -2.99. The summed E-state index contributed by atoms with van der Waals surface area (Å²) in [5.74, 6) is 0.608. The topological polar surface area (TPSA) is 62.7 Å². The van der Waals surface area contributed by atoms with Crippen molar-refractivity contribution in [2.24, 2.45) is 0 Å². The first-order valence-electron chi connectivity index (χ1n) is 8.95. The van der Waals surface area contributed by atoms with Crippen LogP contribution in [-0.4, -0.2) is 15.0 Å². The van der Waals surface area contributed by atoms with E-state index in [2.05, 4.69) is 50.7 Å². The summed E-state index contributed by atoms with van der Waals surface area (Å²) in [5.41, 5.74) is 6.15. The summed E-state index contributed by atoms with van der Waals surface area (Å²) < 4.78 is 1.20. The van der Waals surface area contributed by atoms with Gasteiger partial charge in [-0.1, -0.05) is 30.4 Å². The quantitative estimate of drug-likeness (QED) is 0.465. The highest BCUT2D eigenvalue weighted by Gasteiger charge is 2.06. The Balaban J connectivity index is 1.55. The minimum Gasteiger partial charge on any atom is -0.331 e. The standard InChI is InChI=1S/C21H21N5S/c1-4-15-8-9-18-19(11-15)27-21(26-18)25-17-7-5-6-16(12-17)24-20-22-13(2)10-14(3)23-20/h5-12H,4H2,1-3H3,(H,25,26)(H,22,23,24). The number of fused-ring (bicyclic) bond motifs is 1. The molecule has 4 rings (SSSR count). The normalized spacial score (nSPS) is 10.9. The molecule has 5 nitrogen and oxygen atoms in total. The smallest absolute Gasteiger partial charge is 0.227 e. The molecule has 2 heterocycles. The summed E-state index contributed by atoms with van der Waals surface area (Å²) >= 11 is 1.67. The van der Waals surface area contributed by atoms with E-state index in [-0.39, 0.29) is 0 Å². The summed E-state index contributed by atoms with van der Waals surface area (Å²) in [7, 11) is 0. The third-order valence-electron chi connectivity index (χ3n) is 4.21.